The number of hydrogen-bond acceptors (Lipinski definition) is 4. The Morgan fingerprint density at radius 3 is 2.50 bits per heavy atom. The summed E-state index contributed by atoms with van der Waals surface area (Å²) in [5.74, 6) is -0.477. The standard InChI is InChI=1S/C14H20ClNO4/c1-16(19-3)14(17)12(9-20-10-18-2)8-11-4-6-13(15)7-5-11/h4-7,12H,8-10H2,1-3H3. The van der Waals surface area contributed by atoms with Crippen LogP contribution in [0.3, 0.4) is 0 Å². The highest BCUT2D eigenvalue weighted by Gasteiger charge is 2.23. The Kier molecular flexibility index (Phi) is 7.54. The van der Waals surface area contributed by atoms with Gasteiger partial charge in [0.2, 0.25) is 0 Å². The van der Waals surface area contributed by atoms with Crippen molar-refractivity contribution in [1.82, 2.24) is 5.06 Å². The van der Waals surface area contributed by atoms with Gasteiger partial charge in [0, 0.05) is 19.2 Å². The highest BCUT2D eigenvalue weighted by molar-refractivity contribution is 6.30. The molecule has 0 saturated carbocycles. The van der Waals surface area contributed by atoms with E-state index in [4.69, 9.17) is 25.9 Å². The molecule has 0 aliphatic carbocycles. The van der Waals surface area contributed by atoms with E-state index in [-0.39, 0.29) is 25.2 Å². The average molecular weight is 302 g/mol. The third kappa shape index (κ3) is 5.46. The van der Waals surface area contributed by atoms with Gasteiger partial charge in [-0.25, -0.2) is 5.06 Å². The van der Waals surface area contributed by atoms with E-state index < -0.39 is 0 Å². The summed E-state index contributed by atoms with van der Waals surface area (Å²) in [6.07, 6.45) is 0.549. The molecule has 0 radical (unpaired) electrons. The third-order valence-electron chi connectivity index (χ3n) is 2.85. The smallest absolute Gasteiger partial charge is 0.251 e. The molecule has 112 valence electrons. The topological polar surface area (TPSA) is 48.0 Å². The third-order valence-corrected chi connectivity index (χ3v) is 3.10. The Bertz CT molecular complexity index is 410. The summed E-state index contributed by atoms with van der Waals surface area (Å²) in [6, 6.07) is 7.39. The van der Waals surface area contributed by atoms with Gasteiger partial charge >= 0.3 is 0 Å². The number of carbonyl (C=O) groups is 1. The van der Waals surface area contributed by atoms with Crippen LogP contribution in [0.15, 0.2) is 24.3 Å². The fraction of sp³-hybridized carbons (Fsp3) is 0.500. The number of benzene rings is 1. The Hall–Kier alpha value is -1.14. The summed E-state index contributed by atoms with van der Waals surface area (Å²) in [5.41, 5.74) is 1.01. The number of methoxy groups -OCH3 is 1. The molecule has 0 N–H and O–H groups in total. The van der Waals surface area contributed by atoms with E-state index in [2.05, 4.69) is 0 Å². The van der Waals surface area contributed by atoms with Crippen molar-refractivity contribution in [3.8, 4) is 0 Å². The normalized spacial score (nSPS) is 12.2. The SMILES string of the molecule is COCOCC(Cc1ccc(Cl)cc1)C(=O)N(C)OC. The molecule has 0 heterocycles. The van der Waals surface area contributed by atoms with Crippen molar-refractivity contribution in [3.05, 3.63) is 34.9 Å². The van der Waals surface area contributed by atoms with E-state index in [1.54, 1.807) is 19.2 Å². The van der Waals surface area contributed by atoms with E-state index in [1.807, 2.05) is 12.1 Å². The number of hydroxylamine groups is 2. The number of ether oxygens (including phenoxy) is 2. The van der Waals surface area contributed by atoms with Gasteiger partial charge in [-0.15, -0.1) is 0 Å². The summed E-state index contributed by atoms with van der Waals surface area (Å²) in [4.78, 5) is 17.1. The number of rotatable bonds is 8. The summed E-state index contributed by atoms with van der Waals surface area (Å²) in [5, 5.41) is 1.87. The molecule has 5 nitrogen and oxygen atoms in total. The van der Waals surface area contributed by atoms with Gasteiger partial charge in [0.1, 0.15) is 6.79 Å². The second kappa shape index (κ2) is 8.92. The summed E-state index contributed by atoms with van der Waals surface area (Å²) in [6.45, 7) is 0.421. The maximum absolute atomic E-state index is 12.2. The molecule has 0 aliphatic rings. The van der Waals surface area contributed by atoms with Crippen molar-refractivity contribution in [3.63, 3.8) is 0 Å². The van der Waals surface area contributed by atoms with Crippen LogP contribution in [0.5, 0.6) is 0 Å². The molecule has 0 aromatic heterocycles. The van der Waals surface area contributed by atoms with Crippen molar-refractivity contribution in [2.75, 3.05) is 34.7 Å². The van der Waals surface area contributed by atoms with Crippen LogP contribution in [0.1, 0.15) is 5.56 Å². The minimum Gasteiger partial charge on any atom is -0.359 e. The quantitative estimate of drug-likeness (QED) is 0.419. The minimum atomic E-state index is -0.337. The molecule has 1 atom stereocenters. The number of nitrogens with zero attached hydrogens (tertiary/aromatic N) is 1. The molecule has 0 fully saturated rings. The lowest BCUT2D eigenvalue weighted by molar-refractivity contribution is -0.176. The Balaban J connectivity index is 2.70. The lowest BCUT2D eigenvalue weighted by Gasteiger charge is -2.21. The highest BCUT2D eigenvalue weighted by atomic mass is 35.5. The molecule has 6 heteroatoms. The second-order valence-electron chi connectivity index (χ2n) is 4.32. The van der Waals surface area contributed by atoms with Crippen LogP contribution in [0, 0.1) is 5.92 Å². The van der Waals surface area contributed by atoms with E-state index in [1.165, 1.54) is 19.3 Å². The van der Waals surface area contributed by atoms with Gasteiger partial charge in [-0.2, -0.15) is 0 Å². The molecule has 0 spiro atoms. The summed E-state index contributed by atoms with van der Waals surface area (Å²) < 4.78 is 10.1. The largest absolute Gasteiger partial charge is 0.359 e. The van der Waals surface area contributed by atoms with Crippen molar-refractivity contribution in [2.24, 2.45) is 5.92 Å². The van der Waals surface area contributed by atoms with E-state index >= 15 is 0 Å². The van der Waals surface area contributed by atoms with Gasteiger partial charge in [0.15, 0.2) is 0 Å². The molecule has 1 aromatic carbocycles. The summed E-state index contributed by atoms with van der Waals surface area (Å²) >= 11 is 5.85. The van der Waals surface area contributed by atoms with Crippen LogP contribution >= 0.6 is 11.6 Å². The molecule has 0 saturated heterocycles. The molecule has 1 aromatic rings. The van der Waals surface area contributed by atoms with Crippen molar-refractivity contribution >= 4 is 17.5 Å². The van der Waals surface area contributed by atoms with Crippen LogP contribution in [0.2, 0.25) is 5.02 Å². The Labute approximate surface area is 124 Å². The first-order valence-electron chi connectivity index (χ1n) is 6.21. The number of amides is 1. The molecule has 20 heavy (non-hydrogen) atoms. The number of carbonyl (C=O) groups excluding carboxylic acids is 1. The van der Waals surface area contributed by atoms with Crippen LogP contribution in [-0.2, 0) is 25.5 Å². The van der Waals surface area contributed by atoms with Crippen molar-refractivity contribution < 1.29 is 19.1 Å². The zero-order chi connectivity index (χ0) is 15.0. The maximum Gasteiger partial charge on any atom is 0.251 e. The predicted molar refractivity (Wildman–Crippen MR) is 76.3 cm³/mol. The first-order valence-corrected chi connectivity index (χ1v) is 6.59. The van der Waals surface area contributed by atoms with Gasteiger partial charge in [0.25, 0.3) is 5.91 Å². The monoisotopic (exact) mass is 301 g/mol. The first-order chi connectivity index (χ1) is 9.58. The van der Waals surface area contributed by atoms with Crippen LogP contribution < -0.4 is 0 Å². The van der Waals surface area contributed by atoms with E-state index in [0.29, 0.717) is 11.4 Å². The highest BCUT2D eigenvalue weighted by Crippen LogP contribution is 2.15. The van der Waals surface area contributed by atoms with Gasteiger partial charge < -0.3 is 9.47 Å². The molecule has 0 aliphatic heterocycles. The van der Waals surface area contributed by atoms with Crippen LogP contribution in [0.4, 0.5) is 0 Å². The van der Waals surface area contributed by atoms with Crippen LogP contribution in [0.25, 0.3) is 0 Å². The molecule has 0 bridgehead atoms. The maximum atomic E-state index is 12.2. The van der Waals surface area contributed by atoms with E-state index in [0.717, 1.165) is 5.56 Å². The zero-order valence-corrected chi connectivity index (χ0v) is 12.7. The van der Waals surface area contributed by atoms with Gasteiger partial charge in [-0.3, -0.25) is 9.63 Å². The predicted octanol–water partition coefficient (Wildman–Crippen LogP) is 2.14. The fourth-order valence-corrected chi connectivity index (χ4v) is 1.87. The number of hydrogen-bond donors (Lipinski definition) is 0. The fourth-order valence-electron chi connectivity index (χ4n) is 1.74. The zero-order valence-electron chi connectivity index (χ0n) is 12.0. The molecule has 1 rings (SSSR count). The van der Waals surface area contributed by atoms with Crippen molar-refractivity contribution in [2.45, 2.75) is 6.42 Å². The second-order valence-corrected chi connectivity index (χ2v) is 4.76. The molecular weight excluding hydrogens is 282 g/mol. The van der Waals surface area contributed by atoms with Gasteiger partial charge in [-0.05, 0) is 24.1 Å². The average Bonchev–Trinajstić information content (AvgIpc) is 2.47. The van der Waals surface area contributed by atoms with Gasteiger partial charge in [0.05, 0.1) is 19.6 Å². The lowest BCUT2D eigenvalue weighted by Crippen LogP contribution is -2.35. The van der Waals surface area contributed by atoms with E-state index in [9.17, 15) is 4.79 Å². The Morgan fingerprint density at radius 2 is 1.95 bits per heavy atom. The molecule has 1 unspecified atom stereocenters. The first kappa shape index (κ1) is 16.9. The minimum absolute atomic E-state index is 0.140. The van der Waals surface area contributed by atoms with Crippen LogP contribution in [-0.4, -0.2) is 45.6 Å². The summed E-state index contributed by atoms with van der Waals surface area (Å²) in [7, 11) is 4.57. The molecule has 1 amide bonds. The van der Waals surface area contributed by atoms with Gasteiger partial charge in [-0.1, -0.05) is 23.7 Å². The Morgan fingerprint density at radius 1 is 1.30 bits per heavy atom. The molecular formula is C14H20ClNO4. The number of halogens is 1. The lowest BCUT2D eigenvalue weighted by atomic mass is 9.99. The van der Waals surface area contributed by atoms with Crippen molar-refractivity contribution in [1.29, 1.82) is 0 Å².